The molecule has 1 saturated heterocycles. The summed E-state index contributed by atoms with van der Waals surface area (Å²) in [6.45, 7) is 3.54. The third-order valence-electron chi connectivity index (χ3n) is 5.00. The van der Waals surface area contributed by atoms with Crippen molar-refractivity contribution in [2.75, 3.05) is 25.4 Å². The molecule has 4 rings (SSSR count). The van der Waals surface area contributed by atoms with Crippen LogP contribution in [0.2, 0.25) is 0 Å². The van der Waals surface area contributed by atoms with E-state index < -0.39 is 15.4 Å². The Morgan fingerprint density at radius 3 is 3.00 bits per heavy atom. The molecule has 0 radical (unpaired) electrons. The van der Waals surface area contributed by atoms with Crippen LogP contribution in [0.4, 0.5) is 0 Å². The SMILES string of the molecule is CCS(=O)(=O)N1CC[C@]2(COCc3cnc(-c4cccnc4)nc32)C1. The minimum absolute atomic E-state index is 0.113. The molecule has 1 atom stereocenters. The second-order valence-corrected chi connectivity index (χ2v) is 8.82. The lowest BCUT2D eigenvalue weighted by molar-refractivity contribution is 0.0532. The van der Waals surface area contributed by atoms with E-state index in [1.807, 2.05) is 12.1 Å². The van der Waals surface area contributed by atoms with Gasteiger partial charge in [0.1, 0.15) is 0 Å². The first-order valence-corrected chi connectivity index (χ1v) is 9.97. The van der Waals surface area contributed by atoms with E-state index in [1.54, 1.807) is 29.8 Å². The maximum atomic E-state index is 12.3. The van der Waals surface area contributed by atoms with E-state index in [9.17, 15) is 8.42 Å². The highest BCUT2D eigenvalue weighted by atomic mass is 32.2. The van der Waals surface area contributed by atoms with E-state index in [2.05, 4.69) is 9.97 Å². The summed E-state index contributed by atoms with van der Waals surface area (Å²) in [6, 6.07) is 3.77. The highest BCUT2D eigenvalue weighted by Crippen LogP contribution is 2.40. The van der Waals surface area contributed by atoms with Crippen LogP contribution in [0.15, 0.2) is 30.7 Å². The molecule has 2 aromatic rings. The predicted octanol–water partition coefficient (Wildman–Crippen LogP) is 1.36. The van der Waals surface area contributed by atoms with Crippen LogP contribution in [0.25, 0.3) is 11.4 Å². The van der Waals surface area contributed by atoms with Gasteiger partial charge >= 0.3 is 0 Å². The van der Waals surface area contributed by atoms with Gasteiger partial charge in [0.2, 0.25) is 10.0 Å². The average molecular weight is 360 g/mol. The zero-order chi connectivity index (χ0) is 17.5. The van der Waals surface area contributed by atoms with Gasteiger partial charge in [0.25, 0.3) is 0 Å². The van der Waals surface area contributed by atoms with Crippen LogP contribution < -0.4 is 0 Å². The number of sulfonamides is 1. The Hall–Kier alpha value is -1.90. The van der Waals surface area contributed by atoms with Crippen LogP contribution >= 0.6 is 0 Å². The number of pyridine rings is 1. The number of ether oxygens (including phenoxy) is 1. The number of rotatable bonds is 3. The maximum Gasteiger partial charge on any atom is 0.213 e. The van der Waals surface area contributed by atoms with Gasteiger partial charge in [-0.25, -0.2) is 22.7 Å². The molecule has 0 saturated carbocycles. The summed E-state index contributed by atoms with van der Waals surface area (Å²) in [5.41, 5.74) is 2.31. The first kappa shape index (κ1) is 16.6. The van der Waals surface area contributed by atoms with E-state index in [-0.39, 0.29) is 5.75 Å². The van der Waals surface area contributed by atoms with E-state index in [0.29, 0.717) is 38.5 Å². The number of aromatic nitrogens is 3. The van der Waals surface area contributed by atoms with E-state index in [4.69, 9.17) is 9.72 Å². The van der Waals surface area contributed by atoms with Crippen molar-refractivity contribution in [1.82, 2.24) is 19.3 Å². The lowest BCUT2D eigenvalue weighted by atomic mass is 9.80. The Kier molecular flexibility index (Phi) is 4.05. The molecule has 1 spiro atoms. The van der Waals surface area contributed by atoms with Crippen LogP contribution in [0.3, 0.4) is 0 Å². The summed E-state index contributed by atoms with van der Waals surface area (Å²) in [4.78, 5) is 13.4. The van der Waals surface area contributed by atoms with Gasteiger partial charge in [-0.3, -0.25) is 4.98 Å². The summed E-state index contributed by atoms with van der Waals surface area (Å²) in [5, 5.41) is 0. The first-order valence-electron chi connectivity index (χ1n) is 8.36. The third kappa shape index (κ3) is 2.84. The summed E-state index contributed by atoms with van der Waals surface area (Å²) >= 11 is 0. The monoisotopic (exact) mass is 360 g/mol. The number of hydrogen-bond donors (Lipinski definition) is 0. The molecule has 0 aliphatic carbocycles. The molecular weight excluding hydrogens is 340 g/mol. The molecule has 0 aromatic carbocycles. The van der Waals surface area contributed by atoms with Crippen molar-refractivity contribution in [2.45, 2.75) is 25.4 Å². The van der Waals surface area contributed by atoms with Crippen molar-refractivity contribution in [1.29, 1.82) is 0 Å². The van der Waals surface area contributed by atoms with Crippen LogP contribution in [0.5, 0.6) is 0 Å². The van der Waals surface area contributed by atoms with Gasteiger partial charge in [-0.05, 0) is 25.5 Å². The minimum Gasteiger partial charge on any atom is -0.376 e. The van der Waals surface area contributed by atoms with Gasteiger partial charge in [-0.1, -0.05) is 0 Å². The topological polar surface area (TPSA) is 85.3 Å². The lowest BCUT2D eigenvalue weighted by Gasteiger charge is -2.34. The van der Waals surface area contributed by atoms with Crippen LogP contribution in [0.1, 0.15) is 24.6 Å². The molecule has 2 aliphatic rings. The molecule has 7 nitrogen and oxygen atoms in total. The molecular formula is C17H20N4O3S. The third-order valence-corrected chi connectivity index (χ3v) is 6.83. The van der Waals surface area contributed by atoms with Gasteiger partial charge in [-0.2, -0.15) is 0 Å². The normalized spacial score (nSPS) is 23.7. The highest BCUT2D eigenvalue weighted by molar-refractivity contribution is 7.89. The van der Waals surface area contributed by atoms with Gasteiger partial charge in [0.05, 0.1) is 30.1 Å². The molecule has 1 fully saturated rings. The van der Waals surface area contributed by atoms with E-state index >= 15 is 0 Å². The van der Waals surface area contributed by atoms with Gasteiger partial charge in [-0.15, -0.1) is 0 Å². The summed E-state index contributed by atoms with van der Waals surface area (Å²) < 4.78 is 31.9. The summed E-state index contributed by atoms with van der Waals surface area (Å²) in [7, 11) is -3.21. The van der Waals surface area contributed by atoms with Gasteiger partial charge in [0, 0.05) is 42.8 Å². The Morgan fingerprint density at radius 2 is 2.24 bits per heavy atom. The molecule has 2 aliphatic heterocycles. The van der Waals surface area contributed by atoms with Crippen molar-refractivity contribution >= 4 is 10.0 Å². The molecule has 132 valence electrons. The zero-order valence-electron chi connectivity index (χ0n) is 14.1. The van der Waals surface area contributed by atoms with Crippen LogP contribution in [-0.2, 0) is 26.8 Å². The minimum atomic E-state index is -3.21. The Morgan fingerprint density at radius 1 is 1.36 bits per heavy atom. The fourth-order valence-electron chi connectivity index (χ4n) is 3.60. The predicted molar refractivity (Wildman–Crippen MR) is 92.2 cm³/mol. The average Bonchev–Trinajstić information content (AvgIpc) is 3.08. The van der Waals surface area contributed by atoms with E-state index in [0.717, 1.165) is 16.8 Å². The number of nitrogens with zero attached hydrogens (tertiary/aromatic N) is 4. The van der Waals surface area contributed by atoms with Crippen molar-refractivity contribution in [3.63, 3.8) is 0 Å². The zero-order valence-corrected chi connectivity index (χ0v) is 14.9. The molecule has 0 unspecified atom stereocenters. The number of fused-ring (bicyclic) bond motifs is 2. The first-order chi connectivity index (χ1) is 12.0. The van der Waals surface area contributed by atoms with Gasteiger partial charge < -0.3 is 4.74 Å². The molecule has 2 aromatic heterocycles. The Bertz CT molecular complexity index is 888. The summed E-state index contributed by atoms with van der Waals surface area (Å²) in [6.07, 6.45) is 5.95. The largest absolute Gasteiger partial charge is 0.376 e. The Labute approximate surface area is 147 Å². The molecule has 25 heavy (non-hydrogen) atoms. The van der Waals surface area contributed by atoms with Crippen molar-refractivity contribution < 1.29 is 13.2 Å². The lowest BCUT2D eigenvalue weighted by Crippen LogP contribution is -2.42. The molecule has 0 bridgehead atoms. The van der Waals surface area contributed by atoms with E-state index in [1.165, 1.54) is 0 Å². The Balaban J connectivity index is 1.75. The molecule has 4 heterocycles. The van der Waals surface area contributed by atoms with Crippen LogP contribution in [-0.4, -0.2) is 53.1 Å². The second-order valence-electron chi connectivity index (χ2n) is 6.57. The standard InChI is InChI=1S/C17H20N4O3S/c1-2-25(22,23)21-7-5-17(11-21)12-24-10-14-9-19-16(20-15(14)17)13-4-3-6-18-8-13/h3-4,6,8-9H,2,5,7,10-12H2,1H3/t17-/m1/s1. The fraction of sp³-hybridized carbons (Fsp3) is 0.471. The molecule has 8 heteroatoms. The summed E-state index contributed by atoms with van der Waals surface area (Å²) in [5.74, 6) is 0.728. The smallest absolute Gasteiger partial charge is 0.213 e. The van der Waals surface area contributed by atoms with Gasteiger partial charge in [0.15, 0.2) is 5.82 Å². The van der Waals surface area contributed by atoms with Crippen LogP contribution in [0, 0.1) is 0 Å². The fourth-order valence-corrected chi connectivity index (χ4v) is 4.77. The number of hydrogen-bond acceptors (Lipinski definition) is 6. The molecule has 0 amide bonds. The highest BCUT2D eigenvalue weighted by Gasteiger charge is 2.47. The van der Waals surface area contributed by atoms with Crippen molar-refractivity contribution in [3.8, 4) is 11.4 Å². The van der Waals surface area contributed by atoms with Crippen molar-refractivity contribution in [2.24, 2.45) is 0 Å². The quantitative estimate of drug-likeness (QED) is 0.822. The molecule has 0 N–H and O–H groups in total. The second kappa shape index (κ2) is 6.12. The maximum absolute atomic E-state index is 12.3. The van der Waals surface area contributed by atoms with Crippen molar-refractivity contribution in [3.05, 3.63) is 42.0 Å².